The van der Waals surface area contributed by atoms with Crippen molar-refractivity contribution < 1.29 is 0 Å². The Labute approximate surface area is 107 Å². The topological polar surface area (TPSA) is 0 Å². The first-order chi connectivity index (χ1) is 8.40. The summed E-state index contributed by atoms with van der Waals surface area (Å²) >= 11 is 1.92. The normalized spacial score (nSPS) is 10.3. The van der Waals surface area contributed by atoms with Crippen LogP contribution in [0.2, 0.25) is 0 Å². The van der Waals surface area contributed by atoms with Gasteiger partial charge in [-0.3, -0.25) is 0 Å². The molecule has 0 unspecified atom stereocenters. The van der Waals surface area contributed by atoms with Gasteiger partial charge in [-0.05, 0) is 41.5 Å². The molecule has 0 aliphatic rings. The molecule has 0 saturated carbocycles. The predicted octanol–water partition coefficient (Wildman–Crippen LogP) is 4.74. The van der Waals surface area contributed by atoms with Gasteiger partial charge in [0.1, 0.15) is 0 Å². The minimum atomic E-state index is 0.901. The lowest BCUT2D eigenvalue weighted by molar-refractivity contribution is 0.837. The largest absolute Gasteiger partial charge is 0.126 e. The minimum Gasteiger partial charge on any atom is -0.126 e. The average molecular weight is 240 g/mol. The third-order valence-electron chi connectivity index (χ3n) is 2.71. The summed E-state index contributed by atoms with van der Waals surface area (Å²) in [5.74, 6) is 3.83. The molecule has 0 bridgehead atoms. The summed E-state index contributed by atoms with van der Waals surface area (Å²) < 4.78 is 0. The fourth-order valence-corrected chi connectivity index (χ4v) is 2.74. The summed E-state index contributed by atoms with van der Waals surface area (Å²) in [7, 11) is 0. The Morgan fingerprint density at radius 2 is 1.82 bits per heavy atom. The van der Waals surface area contributed by atoms with Gasteiger partial charge in [-0.2, -0.15) is 0 Å². The predicted molar refractivity (Wildman–Crippen MR) is 77.4 cm³/mol. The summed E-state index contributed by atoms with van der Waals surface area (Å²) in [6.45, 7) is 0. The fourth-order valence-electron chi connectivity index (χ4n) is 1.78. The third kappa shape index (κ3) is 3.54. The first-order valence-corrected chi connectivity index (χ1v) is 6.94. The maximum atomic E-state index is 5.23. The zero-order valence-electron chi connectivity index (χ0n) is 9.86. The number of thioether (sulfide) groups is 1. The summed E-state index contributed by atoms with van der Waals surface area (Å²) in [6.07, 6.45) is 8.46. The van der Waals surface area contributed by atoms with Gasteiger partial charge in [0.05, 0.1) is 0 Å². The monoisotopic (exact) mass is 240 g/mol. The average Bonchev–Trinajstić information content (AvgIpc) is 2.38. The molecule has 0 radical (unpaired) electrons. The number of benzene rings is 2. The van der Waals surface area contributed by atoms with Crippen LogP contribution in [0.25, 0.3) is 10.8 Å². The Morgan fingerprint density at radius 1 is 1.00 bits per heavy atom. The molecule has 2 aromatic carbocycles. The van der Waals surface area contributed by atoms with Crippen molar-refractivity contribution in [3.8, 4) is 12.3 Å². The lowest BCUT2D eigenvalue weighted by atomic mass is 10.1. The van der Waals surface area contributed by atoms with Crippen molar-refractivity contribution >= 4 is 22.5 Å². The van der Waals surface area contributed by atoms with E-state index in [1.807, 2.05) is 11.8 Å². The summed E-state index contributed by atoms with van der Waals surface area (Å²) in [4.78, 5) is 1.35. The van der Waals surface area contributed by atoms with E-state index in [1.165, 1.54) is 22.1 Å². The zero-order valence-corrected chi connectivity index (χ0v) is 10.7. The van der Waals surface area contributed by atoms with Crippen LogP contribution < -0.4 is 0 Å². The molecule has 2 aromatic rings. The van der Waals surface area contributed by atoms with Crippen molar-refractivity contribution in [2.75, 3.05) is 5.75 Å². The number of terminal acetylenes is 1. The van der Waals surface area contributed by atoms with Crippen LogP contribution in [0.3, 0.4) is 0 Å². The van der Waals surface area contributed by atoms with Crippen LogP contribution in [0, 0.1) is 12.3 Å². The second-order valence-electron chi connectivity index (χ2n) is 4.02. The van der Waals surface area contributed by atoms with E-state index in [2.05, 4.69) is 48.4 Å². The molecule has 1 heteroatoms. The molecule has 17 heavy (non-hydrogen) atoms. The first-order valence-electron chi connectivity index (χ1n) is 5.95. The van der Waals surface area contributed by atoms with E-state index in [-0.39, 0.29) is 0 Å². The standard InChI is InChI=1S/C16H16S/c1-2-3-4-7-12-17-16-11-10-14-8-5-6-9-15(14)13-16/h1,5-6,8-11,13H,3-4,7,12H2. The highest BCUT2D eigenvalue weighted by atomic mass is 32.2. The molecule has 86 valence electrons. The summed E-state index contributed by atoms with van der Waals surface area (Å²) in [5.41, 5.74) is 0. The molecule has 2 rings (SSSR count). The Morgan fingerprint density at radius 3 is 2.65 bits per heavy atom. The molecule has 0 nitrogen and oxygen atoms in total. The molecule has 0 aromatic heterocycles. The molecule has 0 heterocycles. The van der Waals surface area contributed by atoms with E-state index in [0.717, 1.165) is 18.6 Å². The number of unbranched alkanes of at least 4 members (excludes halogenated alkanes) is 2. The van der Waals surface area contributed by atoms with Gasteiger partial charge in [-0.15, -0.1) is 24.1 Å². The number of rotatable bonds is 5. The Bertz CT molecular complexity index is 522. The fraction of sp³-hybridized carbons (Fsp3) is 0.250. The van der Waals surface area contributed by atoms with Crippen LogP contribution in [-0.2, 0) is 0 Å². The van der Waals surface area contributed by atoms with E-state index in [4.69, 9.17) is 6.42 Å². The van der Waals surface area contributed by atoms with Crippen LogP contribution in [0.1, 0.15) is 19.3 Å². The van der Waals surface area contributed by atoms with Crippen molar-refractivity contribution in [2.45, 2.75) is 24.2 Å². The van der Waals surface area contributed by atoms with Crippen molar-refractivity contribution in [3.05, 3.63) is 42.5 Å². The molecule has 0 atom stereocenters. The lowest BCUT2D eigenvalue weighted by Crippen LogP contribution is -1.81. The van der Waals surface area contributed by atoms with Crippen LogP contribution in [0.15, 0.2) is 47.4 Å². The van der Waals surface area contributed by atoms with Gasteiger partial charge < -0.3 is 0 Å². The molecule has 0 spiro atoms. The van der Waals surface area contributed by atoms with Crippen molar-refractivity contribution in [1.29, 1.82) is 0 Å². The Hall–Kier alpha value is -1.39. The van der Waals surface area contributed by atoms with Gasteiger partial charge >= 0.3 is 0 Å². The molecule has 0 fully saturated rings. The lowest BCUT2D eigenvalue weighted by Gasteiger charge is -2.03. The highest BCUT2D eigenvalue weighted by molar-refractivity contribution is 7.99. The van der Waals surface area contributed by atoms with Gasteiger partial charge in [0.2, 0.25) is 0 Å². The van der Waals surface area contributed by atoms with Gasteiger partial charge in [-0.1, -0.05) is 30.3 Å². The van der Waals surface area contributed by atoms with Crippen molar-refractivity contribution in [3.63, 3.8) is 0 Å². The second kappa shape index (κ2) is 6.37. The molecule has 0 aliphatic heterocycles. The highest BCUT2D eigenvalue weighted by Gasteiger charge is 1.96. The molecule has 0 saturated heterocycles. The SMILES string of the molecule is C#CCCCCSc1ccc2ccccc2c1. The summed E-state index contributed by atoms with van der Waals surface area (Å²) in [5, 5.41) is 2.63. The van der Waals surface area contributed by atoms with E-state index in [9.17, 15) is 0 Å². The Balaban J connectivity index is 1.93. The number of hydrogen-bond acceptors (Lipinski definition) is 1. The molecule has 0 N–H and O–H groups in total. The van der Waals surface area contributed by atoms with Gasteiger partial charge in [0.25, 0.3) is 0 Å². The minimum absolute atomic E-state index is 0.901. The van der Waals surface area contributed by atoms with E-state index < -0.39 is 0 Å². The molecule has 0 amide bonds. The maximum Gasteiger partial charge on any atom is 0.00863 e. The van der Waals surface area contributed by atoms with Crippen molar-refractivity contribution in [2.24, 2.45) is 0 Å². The number of hydrogen-bond donors (Lipinski definition) is 0. The third-order valence-corrected chi connectivity index (χ3v) is 3.79. The van der Waals surface area contributed by atoms with Crippen LogP contribution in [0.5, 0.6) is 0 Å². The van der Waals surface area contributed by atoms with Gasteiger partial charge in [0, 0.05) is 11.3 Å². The number of fused-ring (bicyclic) bond motifs is 1. The molecular formula is C16H16S. The van der Waals surface area contributed by atoms with E-state index >= 15 is 0 Å². The van der Waals surface area contributed by atoms with Gasteiger partial charge in [-0.25, -0.2) is 0 Å². The van der Waals surface area contributed by atoms with Crippen LogP contribution >= 0.6 is 11.8 Å². The highest BCUT2D eigenvalue weighted by Crippen LogP contribution is 2.24. The van der Waals surface area contributed by atoms with Gasteiger partial charge in [0.15, 0.2) is 0 Å². The van der Waals surface area contributed by atoms with Crippen LogP contribution in [0.4, 0.5) is 0 Å². The Kier molecular flexibility index (Phi) is 4.53. The zero-order chi connectivity index (χ0) is 11.9. The smallest absolute Gasteiger partial charge is 0.00863 e. The molecular weight excluding hydrogens is 224 g/mol. The van der Waals surface area contributed by atoms with E-state index in [0.29, 0.717) is 0 Å². The summed E-state index contributed by atoms with van der Waals surface area (Å²) in [6, 6.07) is 15.1. The van der Waals surface area contributed by atoms with E-state index in [1.54, 1.807) is 0 Å². The molecule has 0 aliphatic carbocycles. The van der Waals surface area contributed by atoms with Crippen molar-refractivity contribution in [1.82, 2.24) is 0 Å². The first kappa shape index (κ1) is 12.1. The van der Waals surface area contributed by atoms with Crippen LogP contribution in [-0.4, -0.2) is 5.75 Å². The second-order valence-corrected chi connectivity index (χ2v) is 5.19. The maximum absolute atomic E-state index is 5.23. The quantitative estimate of drug-likeness (QED) is 0.413.